The van der Waals surface area contributed by atoms with Crippen molar-refractivity contribution < 1.29 is 18.0 Å². The van der Waals surface area contributed by atoms with Crippen LogP contribution in [-0.4, -0.2) is 50.0 Å². The molecule has 3 aromatic rings. The van der Waals surface area contributed by atoms with Gasteiger partial charge in [0, 0.05) is 23.5 Å². The van der Waals surface area contributed by atoms with Crippen LogP contribution in [0.15, 0.2) is 83.3 Å². The van der Waals surface area contributed by atoms with E-state index in [4.69, 9.17) is 0 Å². The van der Waals surface area contributed by atoms with Crippen LogP contribution >= 0.6 is 15.9 Å². The van der Waals surface area contributed by atoms with Crippen LogP contribution in [0.25, 0.3) is 0 Å². The molecule has 4 aliphatic carbocycles. The van der Waals surface area contributed by atoms with Crippen molar-refractivity contribution in [2.45, 2.75) is 89.3 Å². The Kier molecular flexibility index (Phi) is 10.4. The first-order valence-corrected chi connectivity index (χ1v) is 20.0. The number of carbonyl (C=O) groups is 2. The van der Waals surface area contributed by atoms with E-state index in [9.17, 15) is 18.0 Å². The fourth-order valence-corrected chi connectivity index (χ4v) is 10.2. The van der Waals surface area contributed by atoms with Crippen LogP contribution in [0.5, 0.6) is 0 Å². The monoisotopic (exact) mass is 733 g/mol. The highest BCUT2D eigenvalue weighted by molar-refractivity contribution is 9.10. The van der Waals surface area contributed by atoms with E-state index in [0.29, 0.717) is 12.1 Å². The highest BCUT2D eigenvalue weighted by Gasteiger charge is 2.51. The zero-order chi connectivity index (χ0) is 34.1. The van der Waals surface area contributed by atoms with Gasteiger partial charge in [-0.25, -0.2) is 8.42 Å². The second-order valence-corrected chi connectivity index (χ2v) is 17.5. The van der Waals surface area contributed by atoms with Gasteiger partial charge in [0.15, 0.2) is 0 Å². The molecule has 0 unspecified atom stereocenters. The highest BCUT2D eigenvalue weighted by Crippen LogP contribution is 2.60. The number of carbonyl (C=O) groups excluding carboxylic acids is 2. The zero-order valence-corrected chi connectivity index (χ0v) is 30.7. The van der Waals surface area contributed by atoms with Crippen molar-refractivity contribution in [1.29, 1.82) is 0 Å². The van der Waals surface area contributed by atoms with Gasteiger partial charge in [-0.05, 0) is 116 Å². The molecule has 4 fully saturated rings. The van der Waals surface area contributed by atoms with E-state index in [1.54, 1.807) is 4.90 Å². The van der Waals surface area contributed by atoms with Crippen LogP contribution in [0.4, 0.5) is 5.69 Å². The molecule has 4 bridgehead atoms. The number of benzene rings is 3. The maximum atomic E-state index is 14.5. The van der Waals surface area contributed by atoms with E-state index in [1.807, 2.05) is 80.6 Å². The third-order valence-electron chi connectivity index (χ3n) is 11.0. The topological polar surface area (TPSA) is 86.8 Å². The van der Waals surface area contributed by atoms with Crippen LogP contribution in [0.1, 0.15) is 75.5 Å². The summed E-state index contributed by atoms with van der Waals surface area (Å²) in [7, 11) is -3.83. The Hall–Kier alpha value is -3.17. The number of nitrogens with one attached hydrogen (secondary N) is 1. The van der Waals surface area contributed by atoms with Crippen molar-refractivity contribution in [3.8, 4) is 0 Å². The smallest absolute Gasteiger partial charge is 0.244 e. The van der Waals surface area contributed by atoms with Gasteiger partial charge in [-0.3, -0.25) is 13.9 Å². The van der Waals surface area contributed by atoms with Gasteiger partial charge in [0.2, 0.25) is 21.8 Å². The lowest BCUT2D eigenvalue weighted by Gasteiger charge is -2.57. The van der Waals surface area contributed by atoms with Crippen molar-refractivity contribution >= 4 is 43.5 Å². The predicted molar refractivity (Wildman–Crippen MR) is 195 cm³/mol. The standard InChI is InChI=1S/C39H48BrN3O4S/c1-4-27(2)41-38(45)36(21-28-9-6-5-7-10-28)42(25-29-11-8-12-34(40)20-29)37(44)26-43(48(3,46)47)35-15-13-33(14-16-35)39-22-30-17-31(23-39)19-32(18-30)24-39/h5-16,20,27,30-32,36H,4,17-19,21-26H2,1-3H3,(H,41,45)/t27-,30?,31?,32?,36-,39?/m0/s1. The molecule has 3 aromatic carbocycles. The molecule has 0 aromatic heterocycles. The molecular formula is C39H48BrN3O4S. The Morgan fingerprint density at radius 3 is 2.06 bits per heavy atom. The van der Waals surface area contributed by atoms with Gasteiger partial charge >= 0.3 is 0 Å². The first-order chi connectivity index (χ1) is 22.9. The largest absolute Gasteiger partial charge is 0.352 e. The number of hydrogen-bond acceptors (Lipinski definition) is 4. The summed E-state index contributed by atoms with van der Waals surface area (Å²) in [6.45, 7) is 3.67. The molecule has 4 aliphatic rings. The van der Waals surface area contributed by atoms with E-state index in [1.165, 1.54) is 48.4 Å². The molecule has 2 atom stereocenters. The highest BCUT2D eigenvalue weighted by atomic mass is 79.9. The van der Waals surface area contributed by atoms with Crippen molar-refractivity contribution in [3.05, 3.63) is 100 Å². The molecule has 2 amide bonds. The minimum Gasteiger partial charge on any atom is -0.352 e. The van der Waals surface area contributed by atoms with E-state index < -0.39 is 28.5 Å². The molecule has 7 rings (SSSR count). The van der Waals surface area contributed by atoms with Crippen LogP contribution < -0.4 is 9.62 Å². The SMILES string of the molecule is CC[C@H](C)NC(=O)[C@H](Cc1ccccc1)N(Cc1cccc(Br)c1)C(=O)CN(c1ccc(C23CC4CC(CC(C4)C2)C3)cc1)S(C)(=O)=O. The third-order valence-corrected chi connectivity index (χ3v) is 12.6. The van der Waals surface area contributed by atoms with Crippen molar-refractivity contribution in [2.24, 2.45) is 17.8 Å². The number of nitrogens with zero attached hydrogens (tertiary/aromatic N) is 2. The fraction of sp³-hybridized carbons (Fsp3) is 0.487. The fourth-order valence-electron chi connectivity index (χ4n) is 8.89. The van der Waals surface area contributed by atoms with Gasteiger partial charge in [-0.2, -0.15) is 0 Å². The number of sulfonamides is 1. The summed E-state index contributed by atoms with van der Waals surface area (Å²) in [5.74, 6) is 1.71. The van der Waals surface area contributed by atoms with E-state index in [0.717, 1.165) is 46.0 Å². The molecule has 0 spiro atoms. The summed E-state index contributed by atoms with van der Waals surface area (Å²) in [5.41, 5.74) is 3.69. The van der Waals surface area contributed by atoms with Gasteiger partial charge in [0.1, 0.15) is 12.6 Å². The summed E-state index contributed by atoms with van der Waals surface area (Å²) in [5, 5.41) is 3.08. The van der Waals surface area contributed by atoms with Gasteiger partial charge < -0.3 is 10.2 Å². The molecule has 7 nitrogen and oxygen atoms in total. The number of halogens is 1. The van der Waals surface area contributed by atoms with Crippen LogP contribution in [0, 0.1) is 17.8 Å². The summed E-state index contributed by atoms with van der Waals surface area (Å²) in [6, 6.07) is 24.3. The van der Waals surface area contributed by atoms with E-state index in [2.05, 4.69) is 33.4 Å². The Labute approximate surface area is 294 Å². The number of anilines is 1. The molecule has 0 radical (unpaired) electrons. The number of rotatable bonds is 13. The Bertz CT molecular complexity index is 1680. The van der Waals surface area contributed by atoms with Crippen LogP contribution in [-0.2, 0) is 38.0 Å². The lowest BCUT2D eigenvalue weighted by molar-refractivity contribution is -0.140. The Morgan fingerprint density at radius 1 is 0.896 bits per heavy atom. The molecule has 1 N–H and O–H groups in total. The first-order valence-electron chi connectivity index (χ1n) is 17.4. The molecule has 9 heteroatoms. The maximum Gasteiger partial charge on any atom is 0.244 e. The summed E-state index contributed by atoms with van der Waals surface area (Å²) in [4.78, 5) is 30.0. The normalized spacial score (nSPS) is 24.1. The minimum absolute atomic E-state index is 0.0846. The average Bonchev–Trinajstić information content (AvgIpc) is 3.04. The Morgan fingerprint density at radius 2 is 1.50 bits per heavy atom. The van der Waals surface area contributed by atoms with Crippen molar-refractivity contribution in [3.63, 3.8) is 0 Å². The number of hydrogen-bond donors (Lipinski definition) is 1. The van der Waals surface area contributed by atoms with Crippen molar-refractivity contribution in [1.82, 2.24) is 10.2 Å². The maximum absolute atomic E-state index is 14.5. The van der Waals surface area contributed by atoms with Gasteiger partial charge in [-0.15, -0.1) is 0 Å². The molecule has 0 heterocycles. The molecule has 0 aliphatic heterocycles. The summed E-state index contributed by atoms with van der Waals surface area (Å²) < 4.78 is 28.7. The minimum atomic E-state index is -3.83. The first kappa shape index (κ1) is 34.7. The number of amides is 2. The molecule has 4 saturated carbocycles. The summed E-state index contributed by atoms with van der Waals surface area (Å²) >= 11 is 3.53. The zero-order valence-electron chi connectivity index (χ0n) is 28.3. The van der Waals surface area contributed by atoms with Gasteiger partial charge in [0.25, 0.3) is 0 Å². The van der Waals surface area contributed by atoms with Crippen LogP contribution in [0.3, 0.4) is 0 Å². The predicted octanol–water partition coefficient (Wildman–Crippen LogP) is 7.24. The van der Waals surface area contributed by atoms with E-state index >= 15 is 0 Å². The van der Waals surface area contributed by atoms with Crippen LogP contribution in [0.2, 0.25) is 0 Å². The average molecular weight is 735 g/mol. The molecule has 0 saturated heterocycles. The van der Waals surface area contributed by atoms with E-state index in [-0.39, 0.29) is 23.9 Å². The Balaban J connectivity index is 1.31. The van der Waals surface area contributed by atoms with Gasteiger partial charge in [0.05, 0.1) is 11.9 Å². The van der Waals surface area contributed by atoms with Gasteiger partial charge in [-0.1, -0.05) is 77.5 Å². The third kappa shape index (κ3) is 7.83. The summed E-state index contributed by atoms with van der Waals surface area (Å²) in [6.07, 6.45) is 9.92. The second kappa shape index (κ2) is 14.4. The molecular weight excluding hydrogens is 686 g/mol. The quantitative estimate of drug-likeness (QED) is 0.201. The lowest BCUT2D eigenvalue weighted by atomic mass is 9.48. The molecule has 48 heavy (non-hydrogen) atoms. The molecule has 256 valence electrons. The van der Waals surface area contributed by atoms with Crippen molar-refractivity contribution in [2.75, 3.05) is 17.1 Å². The second-order valence-electron chi connectivity index (χ2n) is 14.7. The lowest BCUT2D eigenvalue weighted by Crippen LogP contribution is -2.54.